The lowest BCUT2D eigenvalue weighted by atomic mass is 9.96. The number of carbonyl (C=O) groups excluding carboxylic acids is 2. The molecule has 2 atom stereocenters. The maximum atomic E-state index is 14.1. The van der Waals surface area contributed by atoms with Gasteiger partial charge in [0.05, 0.1) is 11.7 Å². The van der Waals surface area contributed by atoms with Crippen LogP contribution in [0.25, 0.3) is 22.8 Å². The molecule has 12 nitrogen and oxygen atoms in total. The Kier molecular flexibility index (Phi) is 8.82. The summed E-state index contributed by atoms with van der Waals surface area (Å²) in [5.74, 6) is 0.000565. The smallest absolute Gasteiger partial charge is 0.408 e. The molecule has 2 amide bonds. The van der Waals surface area contributed by atoms with Crippen molar-refractivity contribution in [3.8, 4) is 22.8 Å². The SMILES string of the molecule is Cc1csc([C@H]2CCCN2C(=O)c2cc(-c3cncnc3)nc(-c3nnc([C@@](C)(Cc4ccccc4)OC(=O)NC(C)(C)C)o3)c2)n1. The number of carbonyl (C=O) groups is 2. The first-order chi connectivity index (χ1) is 22.5. The molecule has 1 N–H and O–H groups in total. The number of alkyl carbamates (subject to hydrolysis) is 1. The highest BCUT2D eigenvalue weighted by molar-refractivity contribution is 7.09. The molecule has 0 spiro atoms. The molecule has 0 aliphatic carbocycles. The number of benzene rings is 1. The summed E-state index contributed by atoms with van der Waals surface area (Å²) in [6.45, 7) is 9.89. The number of amides is 2. The van der Waals surface area contributed by atoms with Crippen molar-refractivity contribution < 1.29 is 18.7 Å². The van der Waals surface area contributed by atoms with Crippen molar-refractivity contribution in [1.29, 1.82) is 0 Å². The second kappa shape index (κ2) is 13.0. The Morgan fingerprint density at radius 3 is 2.49 bits per heavy atom. The predicted molar refractivity (Wildman–Crippen MR) is 175 cm³/mol. The van der Waals surface area contributed by atoms with Gasteiger partial charge in [0.1, 0.15) is 17.0 Å². The Morgan fingerprint density at radius 2 is 1.79 bits per heavy atom. The number of aryl methyl sites for hydroxylation is 1. The number of ether oxygens (including phenoxy) is 1. The molecule has 1 aliphatic rings. The van der Waals surface area contributed by atoms with E-state index >= 15 is 0 Å². The fourth-order valence-corrected chi connectivity index (χ4v) is 6.46. The number of aromatic nitrogens is 6. The first kappa shape index (κ1) is 31.9. The Labute approximate surface area is 276 Å². The number of hydrogen-bond acceptors (Lipinski definition) is 11. The van der Waals surface area contributed by atoms with E-state index in [2.05, 4.69) is 30.5 Å². The fourth-order valence-electron chi connectivity index (χ4n) is 5.52. The molecule has 0 saturated carbocycles. The Hall–Kier alpha value is -5.04. The van der Waals surface area contributed by atoms with Crippen LogP contribution in [0.5, 0.6) is 0 Å². The molecule has 13 heteroatoms. The normalized spacial score (nSPS) is 16.1. The van der Waals surface area contributed by atoms with Gasteiger partial charge in [-0.3, -0.25) is 4.79 Å². The van der Waals surface area contributed by atoms with Crippen molar-refractivity contribution in [3.05, 3.63) is 94.3 Å². The molecule has 4 aromatic heterocycles. The average molecular weight is 653 g/mol. The van der Waals surface area contributed by atoms with Crippen molar-refractivity contribution >= 4 is 23.3 Å². The monoisotopic (exact) mass is 652 g/mol. The molecule has 1 aromatic carbocycles. The van der Waals surface area contributed by atoms with Crippen molar-refractivity contribution in [3.63, 3.8) is 0 Å². The molecule has 1 aliphatic heterocycles. The lowest BCUT2D eigenvalue weighted by molar-refractivity contribution is -0.00123. The van der Waals surface area contributed by atoms with Gasteiger partial charge in [-0.15, -0.1) is 21.5 Å². The van der Waals surface area contributed by atoms with Crippen LogP contribution < -0.4 is 5.32 Å². The van der Waals surface area contributed by atoms with Gasteiger partial charge in [0.15, 0.2) is 5.60 Å². The predicted octanol–water partition coefficient (Wildman–Crippen LogP) is 6.31. The van der Waals surface area contributed by atoms with E-state index in [1.165, 1.54) is 6.33 Å². The van der Waals surface area contributed by atoms with Crippen LogP contribution in [0.3, 0.4) is 0 Å². The standard InChI is InChI=1S/C34H36N8O4S/c1-21-19-47-29(37-21)27-12-9-13-42(27)30(43)23-14-25(24-17-35-20-36-18-24)38-26(15-23)28-40-41-31(45-28)34(5,16-22-10-7-6-8-11-22)46-32(44)39-33(2,3)4/h6-8,10-11,14-15,17-20,27H,9,12-13,16H2,1-5H3,(H,39,44)/t27-,34-/m1/s1. The zero-order valence-electron chi connectivity index (χ0n) is 26.9. The number of pyridine rings is 1. The summed E-state index contributed by atoms with van der Waals surface area (Å²) in [5, 5.41) is 14.4. The maximum Gasteiger partial charge on any atom is 0.408 e. The van der Waals surface area contributed by atoms with Gasteiger partial charge in [-0.1, -0.05) is 30.3 Å². The molecule has 0 unspecified atom stereocenters. The molecule has 5 heterocycles. The summed E-state index contributed by atoms with van der Waals surface area (Å²) >= 11 is 1.57. The minimum Gasteiger partial charge on any atom is -0.433 e. The van der Waals surface area contributed by atoms with E-state index in [0.29, 0.717) is 23.4 Å². The van der Waals surface area contributed by atoms with Gasteiger partial charge in [0.2, 0.25) is 0 Å². The molecule has 47 heavy (non-hydrogen) atoms. The van der Waals surface area contributed by atoms with Crippen LogP contribution >= 0.6 is 11.3 Å². The summed E-state index contributed by atoms with van der Waals surface area (Å²) in [5.41, 5.74) is 1.79. The minimum atomic E-state index is -1.32. The summed E-state index contributed by atoms with van der Waals surface area (Å²) in [7, 11) is 0. The molecule has 1 saturated heterocycles. The van der Waals surface area contributed by atoms with Crippen LogP contribution in [0.15, 0.2) is 71.0 Å². The highest BCUT2D eigenvalue weighted by atomic mass is 32.1. The number of rotatable bonds is 8. The molecular formula is C34H36N8O4S. The third kappa shape index (κ3) is 7.35. The van der Waals surface area contributed by atoms with Crippen LogP contribution in [-0.2, 0) is 16.8 Å². The summed E-state index contributed by atoms with van der Waals surface area (Å²) < 4.78 is 12.2. The van der Waals surface area contributed by atoms with Gasteiger partial charge in [0.25, 0.3) is 17.7 Å². The van der Waals surface area contributed by atoms with E-state index in [0.717, 1.165) is 29.1 Å². The van der Waals surface area contributed by atoms with Crippen molar-refractivity contribution in [1.82, 2.24) is 40.3 Å². The molecule has 0 bridgehead atoms. The van der Waals surface area contributed by atoms with E-state index < -0.39 is 17.2 Å². The molecule has 0 radical (unpaired) electrons. The average Bonchev–Trinajstić information content (AvgIpc) is 3.82. The molecule has 6 rings (SSSR count). The summed E-state index contributed by atoms with van der Waals surface area (Å²) in [6.07, 6.45) is 6.05. The van der Waals surface area contributed by atoms with E-state index in [1.807, 2.05) is 68.3 Å². The first-order valence-electron chi connectivity index (χ1n) is 15.4. The summed E-state index contributed by atoms with van der Waals surface area (Å²) in [6, 6.07) is 12.9. The number of nitrogens with zero attached hydrogens (tertiary/aromatic N) is 7. The maximum absolute atomic E-state index is 14.1. The Morgan fingerprint density at radius 1 is 1.04 bits per heavy atom. The van der Waals surface area contributed by atoms with Crippen LogP contribution in [0.4, 0.5) is 4.79 Å². The highest BCUT2D eigenvalue weighted by Gasteiger charge is 2.39. The van der Waals surface area contributed by atoms with E-state index in [1.54, 1.807) is 42.8 Å². The highest BCUT2D eigenvalue weighted by Crippen LogP contribution is 2.36. The Bertz CT molecular complexity index is 1870. The second-order valence-corrected chi connectivity index (χ2v) is 13.7. The molecule has 1 fully saturated rings. The third-order valence-electron chi connectivity index (χ3n) is 7.64. The zero-order valence-corrected chi connectivity index (χ0v) is 27.7. The van der Waals surface area contributed by atoms with Crippen LogP contribution in [0.1, 0.15) is 79.1 Å². The number of likely N-dealkylation sites (tertiary alicyclic amines) is 1. The van der Waals surface area contributed by atoms with Gasteiger partial charge in [-0.05, 0) is 65.2 Å². The van der Waals surface area contributed by atoms with Crippen LogP contribution in [0, 0.1) is 6.92 Å². The van der Waals surface area contributed by atoms with Crippen molar-refractivity contribution in [2.75, 3.05) is 6.54 Å². The fraction of sp³-hybridized carbons (Fsp3) is 0.353. The van der Waals surface area contributed by atoms with E-state index in [4.69, 9.17) is 14.1 Å². The van der Waals surface area contributed by atoms with Gasteiger partial charge in [-0.2, -0.15) is 0 Å². The number of thiazole rings is 1. The summed E-state index contributed by atoms with van der Waals surface area (Å²) in [4.78, 5) is 46.7. The second-order valence-electron chi connectivity index (χ2n) is 12.8. The number of hydrogen-bond donors (Lipinski definition) is 1. The quantitative estimate of drug-likeness (QED) is 0.202. The van der Waals surface area contributed by atoms with Gasteiger partial charge < -0.3 is 19.4 Å². The lowest BCUT2D eigenvalue weighted by Crippen LogP contribution is -2.45. The van der Waals surface area contributed by atoms with Gasteiger partial charge in [-0.25, -0.2) is 24.7 Å². The minimum absolute atomic E-state index is 0.0698. The van der Waals surface area contributed by atoms with E-state index in [9.17, 15) is 9.59 Å². The van der Waals surface area contributed by atoms with Gasteiger partial charge >= 0.3 is 6.09 Å². The molecule has 242 valence electrons. The Balaban J connectivity index is 1.38. The molecular weight excluding hydrogens is 616 g/mol. The largest absolute Gasteiger partial charge is 0.433 e. The zero-order chi connectivity index (χ0) is 33.2. The topological polar surface area (TPSA) is 149 Å². The van der Waals surface area contributed by atoms with Gasteiger partial charge in [0, 0.05) is 53.1 Å². The third-order valence-corrected chi connectivity index (χ3v) is 8.70. The van der Waals surface area contributed by atoms with Crippen molar-refractivity contribution in [2.24, 2.45) is 0 Å². The number of nitrogens with one attached hydrogen (secondary N) is 1. The first-order valence-corrected chi connectivity index (χ1v) is 16.3. The van der Waals surface area contributed by atoms with Crippen LogP contribution in [-0.4, -0.2) is 59.1 Å². The lowest BCUT2D eigenvalue weighted by Gasteiger charge is -2.29. The molecule has 5 aromatic rings. The van der Waals surface area contributed by atoms with E-state index in [-0.39, 0.29) is 35.8 Å². The van der Waals surface area contributed by atoms with Crippen molar-refractivity contribution in [2.45, 2.75) is 71.1 Å². The van der Waals surface area contributed by atoms with Crippen LogP contribution in [0.2, 0.25) is 0 Å².